The normalized spacial score (nSPS) is 9.00. The third-order valence-electron chi connectivity index (χ3n) is 1.07. The van der Waals surface area contributed by atoms with Gasteiger partial charge in [-0.3, -0.25) is 0 Å². The van der Waals surface area contributed by atoms with Crippen molar-refractivity contribution in [1.29, 1.82) is 0 Å². The van der Waals surface area contributed by atoms with Gasteiger partial charge in [0.05, 0.1) is 13.2 Å². The van der Waals surface area contributed by atoms with Crippen LogP contribution in [0.15, 0.2) is 0 Å². The molecule has 76 valence electrons. The van der Waals surface area contributed by atoms with E-state index >= 15 is 0 Å². The summed E-state index contributed by atoms with van der Waals surface area (Å²) in [5, 5.41) is 0. The topological polar surface area (TPSA) is 18.5 Å². The van der Waals surface area contributed by atoms with Gasteiger partial charge >= 0.3 is 0 Å². The summed E-state index contributed by atoms with van der Waals surface area (Å²) in [6.07, 6.45) is 2.18. The second-order valence-electron chi connectivity index (χ2n) is 2.22. The number of hydrogen-bond acceptors (Lipinski definition) is 2. The molecule has 2 nitrogen and oxygen atoms in total. The smallest absolute Gasteiger partial charge is 0.0700 e. The molecular weight excluding hydrogens is 152 g/mol. The monoisotopic (exact) mass is 176 g/mol. The molecule has 0 aromatic carbocycles. The third-order valence-corrected chi connectivity index (χ3v) is 1.07. The highest BCUT2D eigenvalue weighted by atomic mass is 16.5. The average molecular weight is 176 g/mol. The van der Waals surface area contributed by atoms with E-state index < -0.39 is 0 Å². The first-order valence-electron chi connectivity index (χ1n) is 5.07. The maximum Gasteiger partial charge on any atom is 0.0700 e. The molecule has 0 aliphatic rings. The molecule has 2 heteroatoms. The average Bonchev–Trinajstić information content (AvgIpc) is 2.15. The molecule has 0 atom stereocenters. The van der Waals surface area contributed by atoms with E-state index in [-0.39, 0.29) is 0 Å². The highest BCUT2D eigenvalue weighted by Gasteiger charge is 1.85. The van der Waals surface area contributed by atoms with Gasteiger partial charge in [-0.2, -0.15) is 0 Å². The predicted molar refractivity (Wildman–Crippen MR) is 53.6 cm³/mol. The zero-order valence-electron chi connectivity index (χ0n) is 9.06. The van der Waals surface area contributed by atoms with Crippen LogP contribution in [0.1, 0.15) is 40.5 Å². The van der Waals surface area contributed by atoms with E-state index in [1.54, 1.807) is 0 Å². The summed E-state index contributed by atoms with van der Waals surface area (Å²) in [5.74, 6) is 0. The molecule has 0 heterocycles. The Morgan fingerprint density at radius 2 is 1.00 bits per heavy atom. The largest absolute Gasteiger partial charge is 0.379 e. The second kappa shape index (κ2) is 17.1. The summed E-state index contributed by atoms with van der Waals surface area (Å²) in [4.78, 5) is 0. The minimum absolute atomic E-state index is 0.744. The van der Waals surface area contributed by atoms with Crippen LogP contribution in [-0.2, 0) is 9.47 Å². The predicted octanol–water partition coefficient (Wildman–Crippen LogP) is 2.87. The SMILES string of the molecule is CC.CCCOCCOCCC. The lowest BCUT2D eigenvalue weighted by Gasteiger charge is -2.02. The fourth-order valence-corrected chi connectivity index (χ4v) is 0.611. The van der Waals surface area contributed by atoms with Crippen molar-refractivity contribution in [2.45, 2.75) is 40.5 Å². The standard InChI is InChI=1S/C8H18O2.C2H6/c1-3-5-9-7-8-10-6-4-2;1-2/h3-8H2,1-2H3;1-2H3. The highest BCUT2D eigenvalue weighted by Crippen LogP contribution is 1.83. The van der Waals surface area contributed by atoms with Gasteiger partial charge in [-0.15, -0.1) is 0 Å². The molecular formula is C10H24O2. The van der Waals surface area contributed by atoms with Gasteiger partial charge in [0.1, 0.15) is 0 Å². The zero-order valence-corrected chi connectivity index (χ0v) is 9.06. The molecule has 0 saturated carbocycles. The summed E-state index contributed by atoms with van der Waals surface area (Å²) in [6, 6.07) is 0. The summed E-state index contributed by atoms with van der Waals surface area (Å²) in [7, 11) is 0. The van der Waals surface area contributed by atoms with Crippen LogP contribution in [-0.4, -0.2) is 26.4 Å². The number of ether oxygens (including phenoxy) is 2. The van der Waals surface area contributed by atoms with Gasteiger partial charge in [0.25, 0.3) is 0 Å². The van der Waals surface area contributed by atoms with E-state index in [4.69, 9.17) is 9.47 Å². The third kappa shape index (κ3) is 16.5. The van der Waals surface area contributed by atoms with Gasteiger partial charge in [-0.25, -0.2) is 0 Å². The zero-order chi connectivity index (χ0) is 9.66. The molecule has 0 aliphatic carbocycles. The van der Waals surface area contributed by atoms with Crippen molar-refractivity contribution >= 4 is 0 Å². The van der Waals surface area contributed by atoms with Gasteiger partial charge in [-0.05, 0) is 12.8 Å². The molecule has 0 spiro atoms. The lowest BCUT2D eigenvalue weighted by atomic mass is 10.5. The Morgan fingerprint density at radius 3 is 1.25 bits per heavy atom. The van der Waals surface area contributed by atoms with E-state index in [2.05, 4.69) is 13.8 Å². The molecule has 0 aliphatic heterocycles. The van der Waals surface area contributed by atoms with Crippen molar-refractivity contribution in [2.24, 2.45) is 0 Å². The Labute approximate surface area is 77.3 Å². The molecule has 0 bridgehead atoms. The van der Waals surface area contributed by atoms with Crippen molar-refractivity contribution in [3.8, 4) is 0 Å². The van der Waals surface area contributed by atoms with E-state index in [0.717, 1.165) is 39.3 Å². The fraction of sp³-hybridized carbons (Fsp3) is 1.00. The Morgan fingerprint density at radius 1 is 0.667 bits per heavy atom. The van der Waals surface area contributed by atoms with E-state index in [0.29, 0.717) is 0 Å². The first-order valence-corrected chi connectivity index (χ1v) is 5.07. The van der Waals surface area contributed by atoms with E-state index in [1.807, 2.05) is 13.8 Å². The van der Waals surface area contributed by atoms with Crippen molar-refractivity contribution in [2.75, 3.05) is 26.4 Å². The minimum Gasteiger partial charge on any atom is -0.379 e. The van der Waals surface area contributed by atoms with Gasteiger partial charge in [0, 0.05) is 13.2 Å². The molecule has 0 aromatic heterocycles. The van der Waals surface area contributed by atoms with Crippen LogP contribution in [0.2, 0.25) is 0 Å². The van der Waals surface area contributed by atoms with E-state index in [9.17, 15) is 0 Å². The Hall–Kier alpha value is -0.0800. The van der Waals surface area contributed by atoms with Crippen LogP contribution in [0.25, 0.3) is 0 Å². The molecule has 0 N–H and O–H groups in total. The lowest BCUT2D eigenvalue weighted by Crippen LogP contribution is -2.04. The summed E-state index contributed by atoms with van der Waals surface area (Å²) in [5.41, 5.74) is 0. The summed E-state index contributed by atoms with van der Waals surface area (Å²) >= 11 is 0. The first kappa shape index (κ1) is 14.4. The van der Waals surface area contributed by atoms with Gasteiger partial charge in [0.2, 0.25) is 0 Å². The molecule has 0 unspecified atom stereocenters. The van der Waals surface area contributed by atoms with Crippen LogP contribution in [0.4, 0.5) is 0 Å². The van der Waals surface area contributed by atoms with Gasteiger partial charge in [0.15, 0.2) is 0 Å². The van der Waals surface area contributed by atoms with Crippen LogP contribution in [0.3, 0.4) is 0 Å². The lowest BCUT2D eigenvalue weighted by molar-refractivity contribution is 0.0483. The quantitative estimate of drug-likeness (QED) is 0.555. The number of rotatable bonds is 7. The van der Waals surface area contributed by atoms with Crippen LogP contribution >= 0.6 is 0 Å². The van der Waals surface area contributed by atoms with Crippen LogP contribution < -0.4 is 0 Å². The maximum absolute atomic E-state index is 5.20. The highest BCUT2D eigenvalue weighted by molar-refractivity contribution is 4.30. The Kier molecular flexibility index (Phi) is 20.6. The number of hydrogen-bond donors (Lipinski definition) is 0. The second-order valence-corrected chi connectivity index (χ2v) is 2.22. The Balaban J connectivity index is 0. The molecule has 0 aromatic rings. The maximum atomic E-state index is 5.20. The Bertz CT molecular complexity index is 47.8. The van der Waals surface area contributed by atoms with Crippen molar-refractivity contribution in [1.82, 2.24) is 0 Å². The summed E-state index contributed by atoms with van der Waals surface area (Å²) < 4.78 is 10.4. The van der Waals surface area contributed by atoms with Gasteiger partial charge in [-0.1, -0.05) is 27.7 Å². The van der Waals surface area contributed by atoms with Crippen molar-refractivity contribution < 1.29 is 9.47 Å². The molecule has 0 rings (SSSR count). The molecule has 0 radical (unpaired) electrons. The fourth-order valence-electron chi connectivity index (χ4n) is 0.611. The van der Waals surface area contributed by atoms with Crippen LogP contribution in [0, 0.1) is 0 Å². The minimum atomic E-state index is 0.744. The van der Waals surface area contributed by atoms with Crippen LogP contribution in [0.5, 0.6) is 0 Å². The molecule has 0 fully saturated rings. The van der Waals surface area contributed by atoms with Gasteiger partial charge < -0.3 is 9.47 Å². The molecule has 0 amide bonds. The first-order chi connectivity index (χ1) is 5.91. The molecule has 12 heavy (non-hydrogen) atoms. The summed E-state index contributed by atoms with van der Waals surface area (Å²) in [6.45, 7) is 11.4. The van der Waals surface area contributed by atoms with Crippen molar-refractivity contribution in [3.63, 3.8) is 0 Å². The van der Waals surface area contributed by atoms with Crippen molar-refractivity contribution in [3.05, 3.63) is 0 Å². The molecule has 0 saturated heterocycles. The van der Waals surface area contributed by atoms with E-state index in [1.165, 1.54) is 0 Å².